The highest BCUT2D eigenvalue weighted by molar-refractivity contribution is 6.30. The Kier molecular flexibility index (Phi) is 4.49. The molecule has 23 heavy (non-hydrogen) atoms. The molecule has 0 aliphatic heterocycles. The van der Waals surface area contributed by atoms with Gasteiger partial charge in [-0.3, -0.25) is 4.79 Å². The van der Waals surface area contributed by atoms with E-state index in [1.165, 1.54) is 0 Å². The van der Waals surface area contributed by atoms with Gasteiger partial charge in [-0.2, -0.15) is 0 Å². The molecule has 0 saturated carbocycles. The van der Waals surface area contributed by atoms with Gasteiger partial charge < -0.3 is 10.6 Å². The summed E-state index contributed by atoms with van der Waals surface area (Å²) in [5.74, 6) is 0.241. The Balaban J connectivity index is 1.66. The van der Waals surface area contributed by atoms with Crippen LogP contribution in [0.25, 0.3) is 0 Å². The molecule has 6 heteroatoms. The molecule has 0 unspecified atom stereocenters. The van der Waals surface area contributed by atoms with Crippen LogP contribution in [0.1, 0.15) is 10.5 Å². The fraction of sp³-hybridized carbons (Fsp3) is 0. The average Bonchev–Trinajstić information content (AvgIpc) is 2.58. The topological polar surface area (TPSA) is 66.9 Å². The minimum absolute atomic E-state index is 0.235. The maximum atomic E-state index is 12.1. The van der Waals surface area contributed by atoms with Gasteiger partial charge in [0.05, 0.1) is 0 Å². The molecule has 3 aromatic rings. The number of carbonyl (C=O) groups excluding carboxylic acids is 1. The Morgan fingerprint density at radius 1 is 0.826 bits per heavy atom. The van der Waals surface area contributed by atoms with Crippen molar-refractivity contribution < 1.29 is 4.79 Å². The maximum Gasteiger partial charge on any atom is 0.276 e. The summed E-state index contributed by atoms with van der Waals surface area (Å²) in [6.07, 6.45) is 0. The largest absolute Gasteiger partial charge is 0.339 e. The minimum Gasteiger partial charge on any atom is -0.339 e. The van der Waals surface area contributed by atoms with E-state index in [1.807, 2.05) is 30.3 Å². The first-order valence-corrected chi connectivity index (χ1v) is 7.31. The second kappa shape index (κ2) is 6.89. The third-order valence-electron chi connectivity index (χ3n) is 3.05. The van der Waals surface area contributed by atoms with Crippen LogP contribution in [0.4, 0.5) is 17.2 Å². The third kappa shape index (κ3) is 4.05. The second-order valence-corrected chi connectivity index (χ2v) is 5.19. The zero-order valence-electron chi connectivity index (χ0n) is 12.0. The average molecular weight is 325 g/mol. The predicted molar refractivity (Wildman–Crippen MR) is 91.2 cm³/mol. The molecule has 0 fully saturated rings. The number of nitrogens with zero attached hydrogens (tertiary/aromatic N) is 2. The van der Waals surface area contributed by atoms with Crippen LogP contribution in [0.15, 0.2) is 66.7 Å². The fourth-order valence-electron chi connectivity index (χ4n) is 1.92. The maximum absolute atomic E-state index is 12.1. The lowest BCUT2D eigenvalue weighted by Gasteiger charge is -2.06. The van der Waals surface area contributed by atoms with Gasteiger partial charge in [-0.15, -0.1) is 10.2 Å². The first-order valence-electron chi connectivity index (χ1n) is 6.93. The predicted octanol–water partition coefficient (Wildman–Crippen LogP) is 4.13. The molecule has 0 bridgehead atoms. The monoisotopic (exact) mass is 324 g/mol. The number of anilines is 3. The summed E-state index contributed by atoms with van der Waals surface area (Å²) in [6.45, 7) is 0. The third-order valence-corrected chi connectivity index (χ3v) is 3.30. The summed E-state index contributed by atoms with van der Waals surface area (Å²) in [6, 6.07) is 19.8. The Bertz CT molecular complexity index is 789. The van der Waals surface area contributed by atoms with Crippen molar-refractivity contribution in [3.8, 4) is 0 Å². The molecular weight excluding hydrogens is 312 g/mol. The van der Waals surface area contributed by atoms with E-state index in [-0.39, 0.29) is 11.6 Å². The van der Waals surface area contributed by atoms with Gasteiger partial charge in [-0.05, 0) is 48.5 Å². The summed E-state index contributed by atoms with van der Waals surface area (Å²) < 4.78 is 0. The number of hydrogen-bond acceptors (Lipinski definition) is 4. The van der Waals surface area contributed by atoms with E-state index < -0.39 is 0 Å². The Hall–Kier alpha value is -2.92. The van der Waals surface area contributed by atoms with E-state index >= 15 is 0 Å². The SMILES string of the molecule is O=C(Nc1ccc(Cl)cc1)c1ccc(Nc2ccccc2)nn1. The van der Waals surface area contributed by atoms with Crippen molar-refractivity contribution in [2.24, 2.45) is 0 Å². The molecule has 0 saturated heterocycles. The summed E-state index contributed by atoms with van der Waals surface area (Å²) >= 11 is 5.81. The quantitative estimate of drug-likeness (QED) is 0.757. The summed E-state index contributed by atoms with van der Waals surface area (Å²) in [7, 11) is 0. The first-order chi connectivity index (χ1) is 11.2. The number of halogens is 1. The fourth-order valence-corrected chi connectivity index (χ4v) is 2.04. The minimum atomic E-state index is -0.328. The lowest BCUT2D eigenvalue weighted by molar-refractivity contribution is 0.102. The summed E-state index contributed by atoms with van der Waals surface area (Å²) in [5.41, 5.74) is 1.78. The van der Waals surface area contributed by atoms with Crippen molar-refractivity contribution in [1.29, 1.82) is 0 Å². The van der Waals surface area contributed by atoms with Crippen LogP contribution in [0, 0.1) is 0 Å². The van der Waals surface area contributed by atoms with E-state index in [4.69, 9.17) is 11.6 Å². The number of nitrogens with one attached hydrogen (secondary N) is 2. The van der Waals surface area contributed by atoms with Crippen molar-refractivity contribution in [3.05, 3.63) is 77.4 Å². The van der Waals surface area contributed by atoms with Crippen molar-refractivity contribution >= 4 is 34.7 Å². The lowest BCUT2D eigenvalue weighted by Crippen LogP contribution is -2.14. The second-order valence-electron chi connectivity index (χ2n) is 4.76. The standard InChI is InChI=1S/C17H13ClN4O/c18-12-6-8-14(9-7-12)20-17(23)15-10-11-16(22-21-15)19-13-4-2-1-3-5-13/h1-11H,(H,19,22)(H,20,23). The highest BCUT2D eigenvalue weighted by Gasteiger charge is 2.08. The van der Waals surface area contributed by atoms with Gasteiger partial charge >= 0.3 is 0 Å². The van der Waals surface area contributed by atoms with Crippen molar-refractivity contribution in [3.63, 3.8) is 0 Å². The highest BCUT2D eigenvalue weighted by Crippen LogP contribution is 2.15. The summed E-state index contributed by atoms with van der Waals surface area (Å²) in [4.78, 5) is 12.1. The lowest BCUT2D eigenvalue weighted by atomic mass is 10.3. The van der Waals surface area contributed by atoms with Crippen LogP contribution in [0.3, 0.4) is 0 Å². The van der Waals surface area contributed by atoms with Crippen molar-refractivity contribution in [2.45, 2.75) is 0 Å². The number of rotatable bonds is 4. The molecule has 1 amide bonds. The van der Waals surface area contributed by atoms with Crippen molar-refractivity contribution in [1.82, 2.24) is 10.2 Å². The van der Waals surface area contributed by atoms with Crippen LogP contribution in [0.5, 0.6) is 0 Å². The van der Waals surface area contributed by atoms with Gasteiger partial charge in [-0.1, -0.05) is 29.8 Å². The first kappa shape index (κ1) is 15.0. The Labute approximate surface area is 138 Å². The molecule has 2 N–H and O–H groups in total. The number of benzene rings is 2. The molecule has 1 heterocycles. The molecule has 0 aliphatic carbocycles. The Morgan fingerprint density at radius 2 is 1.57 bits per heavy atom. The van der Waals surface area contributed by atoms with Gasteiger partial charge in [0.1, 0.15) is 0 Å². The Morgan fingerprint density at radius 3 is 2.22 bits per heavy atom. The molecule has 0 spiro atoms. The van der Waals surface area contributed by atoms with E-state index in [0.717, 1.165) is 5.69 Å². The molecule has 2 aromatic carbocycles. The van der Waals surface area contributed by atoms with Gasteiger partial charge in [0.2, 0.25) is 0 Å². The number of amides is 1. The van der Waals surface area contributed by atoms with E-state index in [2.05, 4.69) is 20.8 Å². The molecule has 1 aromatic heterocycles. The van der Waals surface area contributed by atoms with Crippen LogP contribution < -0.4 is 10.6 Å². The molecule has 5 nitrogen and oxygen atoms in total. The number of hydrogen-bond donors (Lipinski definition) is 2. The molecule has 3 rings (SSSR count). The zero-order valence-corrected chi connectivity index (χ0v) is 12.8. The van der Waals surface area contributed by atoms with Crippen LogP contribution >= 0.6 is 11.6 Å². The number of aromatic nitrogens is 2. The van der Waals surface area contributed by atoms with Crippen LogP contribution in [-0.2, 0) is 0 Å². The van der Waals surface area contributed by atoms with E-state index in [0.29, 0.717) is 16.5 Å². The molecular formula is C17H13ClN4O. The van der Waals surface area contributed by atoms with Gasteiger partial charge in [0.25, 0.3) is 5.91 Å². The van der Waals surface area contributed by atoms with E-state index in [9.17, 15) is 4.79 Å². The zero-order chi connectivity index (χ0) is 16.1. The van der Waals surface area contributed by atoms with E-state index in [1.54, 1.807) is 36.4 Å². The van der Waals surface area contributed by atoms with Gasteiger partial charge in [0, 0.05) is 16.4 Å². The number of para-hydroxylation sites is 1. The van der Waals surface area contributed by atoms with Crippen molar-refractivity contribution in [2.75, 3.05) is 10.6 Å². The smallest absolute Gasteiger partial charge is 0.276 e. The summed E-state index contributed by atoms with van der Waals surface area (Å²) in [5, 5.41) is 14.4. The highest BCUT2D eigenvalue weighted by atomic mass is 35.5. The van der Waals surface area contributed by atoms with Gasteiger partial charge in [-0.25, -0.2) is 0 Å². The molecule has 114 valence electrons. The normalized spacial score (nSPS) is 10.1. The molecule has 0 radical (unpaired) electrons. The molecule has 0 aliphatic rings. The molecule has 0 atom stereocenters. The van der Waals surface area contributed by atoms with Crippen LogP contribution in [0.2, 0.25) is 5.02 Å². The van der Waals surface area contributed by atoms with Gasteiger partial charge in [0.15, 0.2) is 11.5 Å². The number of carbonyl (C=O) groups is 1. The van der Waals surface area contributed by atoms with Crippen LogP contribution in [-0.4, -0.2) is 16.1 Å².